The molecule has 0 bridgehead atoms. The monoisotopic (exact) mass is 988 g/mol. The van der Waals surface area contributed by atoms with Gasteiger partial charge in [-0.1, -0.05) is 192 Å². The Morgan fingerprint density at radius 3 is 1.78 bits per heavy atom. The van der Waals surface area contributed by atoms with E-state index in [1.54, 1.807) is 0 Å². The van der Waals surface area contributed by atoms with Gasteiger partial charge < -0.3 is 14.3 Å². The van der Waals surface area contributed by atoms with E-state index in [4.69, 9.17) is 0 Å². The van der Waals surface area contributed by atoms with E-state index in [9.17, 15) is 0 Å². The van der Waals surface area contributed by atoms with Crippen LogP contribution in [0.4, 0.5) is 28.4 Å². The standard InChI is InChI=1S/C72H70BN3/c1-43-39-56-57(71(10,11)38-37-70(56,8)9)42-60(43)76-61-40-49(74(47-30-26-45(27-31-47)68(2,3)4)48-32-28-46(29-33-48)69(5,6)7)34-35-52(61)64-65-54(51-21-16-17-23-55(51)72(65,12)13)41-62-66(64)73(76)58-24-18-22-53-63-50-20-15-14-19-44(50)25-36-59(63)75(62)67(53)58/h14-36,39-42H,37-38H2,1-13H3. The van der Waals surface area contributed by atoms with Gasteiger partial charge in [-0.05, 0) is 173 Å². The number of rotatable bonds is 4. The number of anilines is 5. The second-order valence-corrected chi connectivity index (χ2v) is 26.9. The van der Waals surface area contributed by atoms with Crippen molar-refractivity contribution in [1.82, 2.24) is 4.57 Å². The molecule has 0 saturated carbocycles. The highest BCUT2D eigenvalue weighted by molar-refractivity contribution is 6.93. The van der Waals surface area contributed by atoms with E-state index in [2.05, 4.69) is 268 Å². The van der Waals surface area contributed by atoms with Crippen molar-refractivity contribution >= 4 is 78.8 Å². The Kier molecular flexibility index (Phi) is 9.72. The zero-order valence-corrected chi connectivity index (χ0v) is 46.9. The van der Waals surface area contributed by atoms with Crippen molar-refractivity contribution in [3.63, 3.8) is 0 Å². The maximum Gasteiger partial charge on any atom is 0.333 e. The van der Waals surface area contributed by atoms with Crippen molar-refractivity contribution < 1.29 is 0 Å². The second kappa shape index (κ2) is 15.7. The van der Waals surface area contributed by atoms with E-state index in [0.29, 0.717) is 0 Å². The van der Waals surface area contributed by atoms with Crippen molar-refractivity contribution in [1.29, 1.82) is 0 Å². The largest absolute Gasteiger partial charge is 0.376 e. The SMILES string of the molecule is Cc1cc2c(cc1N1B3c4c(cc5c(c4-c4ccc(N(c6ccc(C(C)(C)C)cc6)c6ccc(C(C)(C)C)cc6)cc41)C(C)(C)c1ccccc1-5)-n1c4ccc5ccccc5c4c4cccc3c41)C(C)(C)CCC2(C)C. The third-order valence-electron chi connectivity index (χ3n) is 18.8. The topological polar surface area (TPSA) is 11.4 Å². The summed E-state index contributed by atoms with van der Waals surface area (Å²) < 4.78 is 2.67. The predicted molar refractivity (Wildman–Crippen MR) is 327 cm³/mol. The smallest absolute Gasteiger partial charge is 0.333 e. The quantitative estimate of drug-likeness (QED) is 0.163. The molecule has 1 aromatic heterocycles. The first-order chi connectivity index (χ1) is 36.1. The summed E-state index contributed by atoms with van der Waals surface area (Å²) in [6.45, 7) is 30.9. The molecule has 2 aliphatic carbocycles. The minimum atomic E-state index is -0.257. The van der Waals surface area contributed by atoms with Crippen molar-refractivity contribution in [2.75, 3.05) is 9.71 Å². The van der Waals surface area contributed by atoms with Crippen molar-refractivity contribution in [2.24, 2.45) is 0 Å². The highest BCUT2D eigenvalue weighted by Crippen LogP contribution is 2.58. The fourth-order valence-corrected chi connectivity index (χ4v) is 14.6. The average Bonchev–Trinajstić information content (AvgIpc) is 3.64. The molecule has 0 amide bonds. The summed E-state index contributed by atoms with van der Waals surface area (Å²) in [7, 11) is 0. The van der Waals surface area contributed by atoms with E-state index >= 15 is 0 Å². The Hall–Kier alpha value is -7.30. The van der Waals surface area contributed by atoms with E-state index in [1.807, 2.05) is 0 Å². The number of benzene rings is 9. The molecule has 0 radical (unpaired) electrons. The van der Waals surface area contributed by atoms with Gasteiger partial charge in [-0.3, -0.25) is 0 Å². The van der Waals surface area contributed by atoms with Crippen LogP contribution in [-0.2, 0) is 27.1 Å². The molecule has 0 N–H and O–H groups in total. The van der Waals surface area contributed by atoms with E-state index in [-0.39, 0.29) is 33.9 Å². The Balaban J connectivity index is 1.13. The van der Waals surface area contributed by atoms with E-state index in [1.165, 1.54) is 128 Å². The molecule has 376 valence electrons. The number of hydrogen-bond donors (Lipinski definition) is 0. The number of aryl methyl sites for hydroxylation is 1. The Morgan fingerprint density at radius 1 is 0.500 bits per heavy atom. The van der Waals surface area contributed by atoms with E-state index in [0.717, 1.165) is 23.5 Å². The molecular formula is C72H70BN3. The molecule has 0 unspecified atom stereocenters. The van der Waals surface area contributed by atoms with Crippen LogP contribution in [0.1, 0.15) is 135 Å². The van der Waals surface area contributed by atoms with Gasteiger partial charge in [0.25, 0.3) is 0 Å². The molecule has 10 aromatic rings. The van der Waals surface area contributed by atoms with Crippen LogP contribution >= 0.6 is 0 Å². The lowest BCUT2D eigenvalue weighted by atomic mass is 9.43. The molecule has 76 heavy (non-hydrogen) atoms. The Labute approximate surface area is 451 Å². The van der Waals surface area contributed by atoms with Crippen LogP contribution < -0.4 is 20.6 Å². The highest BCUT2D eigenvalue weighted by Gasteiger charge is 2.50. The second-order valence-electron chi connectivity index (χ2n) is 26.9. The zero-order chi connectivity index (χ0) is 52.7. The van der Waals surface area contributed by atoms with Crippen LogP contribution in [0.25, 0.3) is 60.5 Å². The van der Waals surface area contributed by atoms with Gasteiger partial charge in [0.15, 0.2) is 0 Å². The number of para-hydroxylation sites is 1. The first-order valence-corrected chi connectivity index (χ1v) is 28.0. The molecule has 3 nitrogen and oxygen atoms in total. The average molecular weight is 988 g/mol. The molecule has 0 spiro atoms. The predicted octanol–water partition coefficient (Wildman–Crippen LogP) is 18.2. The maximum absolute atomic E-state index is 2.82. The minimum Gasteiger partial charge on any atom is -0.376 e. The number of aromatic nitrogens is 1. The maximum atomic E-state index is 2.82. The third-order valence-corrected chi connectivity index (χ3v) is 18.8. The van der Waals surface area contributed by atoms with Gasteiger partial charge in [-0.2, -0.15) is 0 Å². The summed E-state index contributed by atoms with van der Waals surface area (Å²) in [6, 6.07) is 64.2. The molecule has 4 aliphatic rings. The van der Waals surface area contributed by atoms with Crippen LogP contribution in [0.3, 0.4) is 0 Å². The highest BCUT2D eigenvalue weighted by atomic mass is 15.2. The van der Waals surface area contributed by atoms with Gasteiger partial charge >= 0.3 is 6.85 Å². The first-order valence-electron chi connectivity index (χ1n) is 28.0. The number of nitrogens with zero attached hydrogens (tertiary/aromatic N) is 3. The fourth-order valence-electron chi connectivity index (χ4n) is 14.6. The molecule has 14 rings (SSSR count). The molecule has 3 heterocycles. The molecular weight excluding hydrogens is 918 g/mol. The lowest BCUT2D eigenvalue weighted by Gasteiger charge is -2.46. The van der Waals surface area contributed by atoms with Crippen LogP contribution in [-0.4, -0.2) is 11.4 Å². The summed E-state index contributed by atoms with van der Waals surface area (Å²) >= 11 is 0. The summed E-state index contributed by atoms with van der Waals surface area (Å²) in [5, 5.41) is 5.21. The normalized spacial score (nSPS) is 16.4. The molecule has 0 atom stereocenters. The van der Waals surface area contributed by atoms with Crippen molar-refractivity contribution in [2.45, 2.75) is 130 Å². The molecule has 4 heteroatoms. The Bertz CT molecular complexity index is 4050. The van der Waals surface area contributed by atoms with Gasteiger partial charge in [0.05, 0.1) is 11.0 Å². The molecule has 0 saturated heterocycles. The summed E-state index contributed by atoms with van der Waals surface area (Å²) in [4.78, 5) is 5.32. The van der Waals surface area contributed by atoms with Crippen molar-refractivity contribution in [3.05, 3.63) is 203 Å². The fraction of sp³-hybridized carbons (Fsp3) is 0.278. The van der Waals surface area contributed by atoms with Crippen LogP contribution in [0.15, 0.2) is 164 Å². The van der Waals surface area contributed by atoms with Gasteiger partial charge in [-0.15, -0.1) is 0 Å². The first kappa shape index (κ1) is 47.2. The number of hydrogen-bond acceptors (Lipinski definition) is 2. The zero-order valence-electron chi connectivity index (χ0n) is 46.9. The lowest BCUT2D eigenvalue weighted by Crippen LogP contribution is -2.61. The van der Waals surface area contributed by atoms with Gasteiger partial charge in [-0.25, -0.2) is 0 Å². The van der Waals surface area contributed by atoms with Gasteiger partial charge in [0.1, 0.15) is 0 Å². The summed E-state index contributed by atoms with van der Waals surface area (Å²) in [6.07, 6.45) is 2.33. The van der Waals surface area contributed by atoms with Gasteiger partial charge in [0, 0.05) is 55.9 Å². The summed E-state index contributed by atoms with van der Waals surface area (Å²) in [5.41, 5.74) is 27.6. The minimum absolute atomic E-state index is 0.0166. The molecule has 2 aliphatic heterocycles. The third kappa shape index (κ3) is 6.55. The number of fused-ring (bicyclic) bond motifs is 14. The van der Waals surface area contributed by atoms with Crippen LogP contribution in [0.2, 0.25) is 0 Å². The van der Waals surface area contributed by atoms with Crippen molar-refractivity contribution in [3.8, 4) is 27.9 Å². The lowest BCUT2D eigenvalue weighted by molar-refractivity contribution is 0.332. The Morgan fingerprint density at radius 2 is 1.11 bits per heavy atom. The van der Waals surface area contributed by atoms with Crippen LogP contribution in [0.5, 0.6) is 0 Å². The molecule has 9 aromatic carbocycles. The molecule has 0 fully saturated rings. The van der Waals surface area contributed by atoms with Gasteiger partial charge in [0.2, 0.25) is 0 Å². The van der Waals surface area contributed by atoms with Crippen LogP contribution in [0, 0.1) is 6.92 Å². The summed E-state index contributed by atoms with van der Waals surface area (Å²) in [5.74, 6) is 0. The van der Waals surface area contributed by atoms with E-state index < -0.39 is 0 Å².